The average molecular weight is 868 g/mol. The molecule has 0 aliphatic carbocycles. The van der Waals surface area contributed by atoms with Gasteiger partial charge in [-0.1, -0.05) is 226 Å². The van der Waals surface area contributed by atoms with Crippen LogP contribution in [0.1, 0.15) is 258 Å². The molecule has 0 amide bonds. The van der Waals surface area contributed by atoms with E-state index in [0.29, 0.717) is 23.9 Å². The Kier molecular flexibility index (Phi) is 42.8. The molecular weight excluding hydrogens is 768 g/mol. The molecule has 0 saturated carbocycles. The Labute approximate surface area is 374 Å². The van der Waals surface area contributed by atoms with Gasteiger partial charge in [-0.25, -0.2) is 8.42 Å². The maximum atomic E-state index is 12.3. The van der Waals surface area contributed by atoms with Gasteiger partial charge in [0.25, 0.3) is 0 Å². The molecule has 7 heteroatoms. The standard InChI is InChI=1S/C28H44O3S.2C12H27N.ClH/c1-3-5-7-9-11-13-15-19-24-23-25-20-17-18-22-27(25)28(32(29,30)31)26(24)21-16-14-12-10-8-6-4-2;2*1-3-5-6-7-8-9-10-11-12(13)4-2;/h17-18,20,22-23H,3-16,19,21H2,1-2H3,(H,29,30,31);2*12H,3-11,13H2,1-2H3;1H. The Balaban J connectivity index is 0. The largest absolute Gasteiger partial charge is 1.00 e. The zero-order valence-corrected chi connectivity index (χ0v) is 41.6. The van der Waals surface area contributed by atoms with Crippen LogP contribution in [0.15, 0.2) is 35.2 Å². The number of halogens is 1. The second kappa shape index (κ2) is 42.1. The van der Waals surface area contributed by atoms with Gasteiger partial charge >= 0.3 is 0 Å². The van der Waals surface area contributed by atoms with Crippen LogP contribution in [-0.2, 0) is 23.0 Å². The van der Waals surface area contributed by atoms with Crippen molar-refractivity contribution in [2.45, 2.75) is 277 Å². The molecule has 0 heterocycles. The van der Waals surface area contributed by atoms with Gasteiger partial charge in [0, 0.05) is 0 Å². The highest BCUT2D eigenvalue weighted by Crippen LogP contribution is 2.32. The average Bonchev–Trinajstić information content (AvgIpc) is 3.22. The van der Waals surface area contributed by atoms with Crippen LogP contribution < -0.4 is 23.9 Å². The summed E-state index contributed by atoms with van der Waals surface area (Å²) in [4.78, 5) is 0.0412. The minimum absolute atomic E-state index is 0. The minimum Gasteiger partial charge on any atom is -1.00 e. The van der Waals surface area contributed by atoms with E-state index in [2.05, 4.69) is 59.1 Å². The Morgan fingerprint density at radius 3 is 1.20 bits per heavy atom. The van der Waals surface area contributed by atoms with Gasteiger partial charge in [-0.2, -0.15) is 0 Å². The fraction of sp³-hybridized carbons (Fsp3) is 0.808. The highest BCUT2D eigenvalue weighted by atomic mass is 35.5. The molecule has 2 aromatic rings. The maximum Gasteiger partial charge on any atom is 0.125 e. The van der Waals surface area contributed by atoms with Crippen molar-refractivity contribution in [3.63, 3.8) is 0 Å². The molecule has 0 fully saturated rings. The molecule has 348 valence electrons. The van der Waals surface area contributed by atoms with Crippen LogP contribution in [0.4, 0.5) is 0 Å². The van der Waals surface area contributed by atoms with E-state index in [4.69, 9.17) is 0 Å². The first-order chi connectivity index (χ1) is 28.1. The Morgan fingerprint density at radius 2 is 0.831 bits per heavy atom. The minimum atomic E-state index is -4.53. The van der Waals surface area contributed by atoms with Crippen molar-refractivity contribution in [3.8, 4) is 0 Å². The van der Waals surface area contributed by atoms with Crippen LogP contribution in [0.5, 0.6) is 0 Å². The van der Waals surface area contributed by atoms with Crippen molar-refractivity contribution >= 4 is 20.9 Å². The first kappa shape index (κ1) is 59.9. The number of benzene rings is 2. The van der Waals surface area contributed by atoms with Gasteiger partial charge in [0.05, 0.1) is 17.0 Å². The molecule has 2 atom stereocenters. The van der Waals surface area contributed by atoms with Crippen LogP contribution in [0, 0.1) is 0 Å². The third kappa shape index (κ3) is 33.1. The summed E-state index contributed by atoms with van der Waals surface area (Å²) in [6.07, 6.45) is 43.4. The molecule has 6 N–H and O–H groups in total. The number of rotatable bonds is 35. The summed E-state index contributed by atoms with van der Waals surface area (Å²) in [5, 5.41) is 1.45. The maximum absolute atomic E-state index is 12.3. The van der Waals surface area contributed by atoms with Gasteiger partial charge in [0.2, 0.25) is 0 Å². The number of unbranched alkanes of at least 4 members (excludes halogenated alkanes) is 24. The van der Waals surface area contributed by atoms with Crippen LogP contribution in [0.3, 0.4) is 0 Å². The van der Waals surface area contributed by atoms with Gasteiger partial charge in [-0.3, -0.25) is 0 Å². The molecule has 5 nitrogen and oxygen atoms in total. The Morgan fingerprint density at radius 1 is 0.492 bits per heavy atom. The van der Waals surface area contributed by atoms with Crippen LogP contribution in [0.2, 0.25) is 0 Å². The molecule has 0 spiro atoms. The molecular formula is C52H99ClN2O3S. The Hall–Kier alpha value is -1.18. The van der Waals surface area contributed by atoms with E-state index in [9.17, 15) is 13.0 Å². The quantitative estimate of drug-likeness (QED) is 0.0531. The summed E-state index contributed by atoms with van der Waals surface area (Å²) >= 11 is 0. The first-order valence-corrected chi connectivity index (χ1v) is 26.7. The van der Waals surface area contributed by atoms with Crippen LogP contribution in [0.25, 0.3) is 10.8 Å². The molecule has 2 rings (SSSR count). The summed E-state index contributed by atoms with van der Waals surface area (Å²) in [5.41, 5.74) is 10.1. The summed E-state index contributed by atoms with van der Waals surface area (Å²) in [5.74, 6) is 0. The number of hydrogen-bond donors (Lipinski definition) is 2. The fourth-order valence-electron chi connectivity index (χ4n) is 7.92. The molecule has 59 heavy (non-hydrogen) atoms. The van der Waals surface area contributed by atoms with Gasteiger partial charge in [0.1, 0.15) is 10.1 Å². The van der Waals surface area contributed by atoms with Crippen molar-refractivity contribution in [3.05, 3.63) is 41.5 Å². The zero-order valence-electron chi connectivity index (χ0n) is 40.0. The van der Waals surface area contributed by atoms with Crippen molar-refractivity contribution in [2.24, 2.45) is 0 Å². The van der Waals surface area contributed by atoms with Gasteiger partial charge in [0.15, 0.2) is 0 Å². The second-order valence-corrected chi connectivity index (χ2v) is 18.9. The Bertz CT molecular complexity index is 1280. The molecule has 2 unspecified atom stereocenters. The zero-order chi connectivity index (χ0) is 43.1. The lowest BCUT2D eigenvalue weighted by atomic mass is 9.93. The first-order valence-electron chi connectivity index (χ1n) is 25.3. The van der Waals surface area contributed by atoms with E-state index in [-0.39, 0.29) is 17.3 Å². The lowest BCUT2D eigenvalue weighted by molar-refractivity contribution is -0.422. The number of aryl methyl sites for hydroxylation is 1. The van der Waals surface area contributed by atoms with Crippen molar-refractivity contribution in [1.82, 2.24) is 0 Å². The van der Waals surface area contributed by atoms with Gasteiger partial charge in [-0.05, 0) is 86.1 Å². The van der Waals surface area contributed by atoms with E-state index in [1.165, 1.54) is 180 Å². The molecule has 0 aliphatic rings. The van der Waals surface area contributed by atoms with E-state index < -0.39 is 10.1 Å². The van der Waals surface area contributed by atoms with Gasteiger partial charge in [-0.15, -0.1) is 0 Å². The lowest BCUT2D eigenvalue weighted by Gasteiger charge is -2.20. The van der Waals surface area contributed by atoms with Crippen molar-refractivity contribution in [2.75, 3.05) is 0 Å². The summed E-state index contributed by atoms with van der Waals surface area (Å²) < 4.78 is 37.0. The van der Waals surface area contributed by atoms with Crippen LogP contribution in [-0.4, -0.2) is 25.1 Å². The van der Waals surface area contributed by atoms with E-state index >= 15 is 0 Å². The number of fused-ring (bicyclic) bond motifs is 1. The third-order valence-electron chi connectivity index (χ3n) is 12.1. The normalized spacial score (nSPS) is 12.3. The SMILES string of the molecule is CCCCCCCCCC([NH3+])CC.CCCCCCCCCC([NH3+])CC.CCCCCCCCCc1cc2ccccc2c(S(=O)(=O)[O-])c1CCCCCCCCC.[Cl-]. The lowest BCUT2D eigenvalue weighted by Crippen LogP contribution is -3.00. The highest BCUT2D eigenvalue weighted by Gasteiger charge is 2.18. The second-order valence-electron chi connectivity index (χ2n) is 17.6. The van der Waals surface area contributed by atoms with Crippen molar-refractivity contribution < 1.29 is 36.8 Å². The smallest absolute Gasteiger partial charge is 0.125 e. The fourth-order valence-corrected chi connectivity index (χ4v) is 8.91. The van der Waals surface area contributed by atoms with Crippen LogP contribution >= 0.6 is 0 Å². The molecule has 2 aromatic carbocycles. The monoisotopic (exact) mass is 867 g/mol. The summed E-state index contributed by atoms with van der Waals surface area (Å²) in [6.45, 7) is 13.5. The number of hydrogen-bond acceptors (Lipinski definition) is 3. The molecule has 0 saturated heterocycles. The van der Waals surface area contributed by atoms with E-state index in [1.807, 2.05) is 18.2 Å². The molecule has 0 aromatic heterocycles. The summed E-state index contributed by atoms with van der Waals surface area (Å²) in [7, 11) is -4.53. The van der Waals surface area contributed by atoms with E-state index in [0.717, 1.165) is 48.6 Å². The predicted octanol–water partition coefficient (Wildman–Crippen LogP) is 11.6. The summed E-state index contributed by atoms with van der Waals surface area (Å²) in [6, 6.07) is 11.0. The molecule has 0 radical (unpaired) electrons. The number of quaternary nitrogens is 2. The predicted molar refractivity (Wildman–Crippen MR) is 254 cm³/mol. The highest BCUT2D eigenvalue weighted by molar-refractivity contribution is 7.86. The van der Waals surface area contributed by atoms with Gasteiger partial charge < -0.3 is 28.4 Å². The molecule has 0 aliphatic heterocycles. The molecule has 0 bridgehead atoms. The van der Waals surface area contributed by atoms with E-state index in [1.54, 1.807) is 6.07 Å². The third-order valence-corrected chi connectivity index (χ3v) is 13.1. The van der Waals surface area contributed by atoms with Crippen molar-refractivity contribution in [1.29, 1.82) is 0 Å². The topological polar surface area (TPSA) is 112 Å².